The first-order valence-corrected chi connectivity index (χ1v) is 9.31. The Labute approximate surface area is 156 Å². The van der Waals surface area contributed by atoms with Gasteiger partial charge in [0.05, 0.1) is 19.6 Å². The summed E-state index contributed by atoms with van der Waals surface area (Å²) in [5, 5.41) is 3.05. The Hall–Kier alpha value is -2.17. The van der Waals surface area contributed by atoms with Crippen molar-refractivity contribution >= 4 is 5.91 Å². The number of hydrogen-bond donors (Lipinski definition) is 1. The molecular formula is C22H28N2O2. The van der Waals surface area contributed by atoms with Crippen LogP contribution in [0, 0.1) is 13.8 Å². The topological polar surface area (TPSA) is 41.6 Å². The van der Waals surface area contributed by atoms with E-state index < -0.39 is 0 Å². The third-order valence-corrected chi connectivity index (χ3v) is 4.84. The molecule has 0 aromatic heterocycles. The standard InChI is InChI=1S/C22H28N2O2/c1-17-6-7-21(18(2)12-17)14-22(25)23-15-19-4-3-5-20(13-19)16-24-8-10-26-11-9-24/h3-7,12-13H,8-11,14-16H2,1-2H3,(H,23,25). The summed E-state index contributed by atoms with van der Waals surface area (Å²) in [6, 6.07) is 14.7. The van der Waals surface area contributed by atoms with E-state index >= 15 is 0 Å². The van der Waals surface area contributed by atoms with Crippen LogP contribution in [0.4, 0.5) is 0 Å². The van der Waals surface area contributed by atoms with E-state index in [2.05, 4.69) is 60.5 Å². The summed E-state index contributed by atoms with van der Waals surface area (Å²) < 4.78 is 5.40. The fourth-order valence-electron chi connectivity index (χ4n) is 3.34. The van der Waals surface area contributed by atoms with E-state index in [1.807, 2.05) is 6.07 Å². The lowest BCUT2D eigenvalue weighted by atomic mass is 10.0. The minimum absolute atomic E-state index is 0.0653. The predicted octanol–water partition coefficient (Wildman–Crippen LogP) is 2.99. The van der Waals surface area contributed by atoms with E-state index in [1.54, 1.807) is 0 Å². The molecule has 0 spiro atoms. The molecule has 1 fully saturated rings. The monoisotopic (exact) mass is 352 g/mol. The molecule has 1 saturated heterocycles. The van der Waals surface area contributed by atoms with Gasteiger partial charge in [-0.05, 0) is 36.1 Å². The van der Waals surface area contributed by atoms with Crippen LogP contribution in [-0.4, -0.2) is 37.1 Å². The van der Waals surface area contributed by atoms with Gasteiger partial charge in [0.2, 0.25) is 5.91 Å². The highest BCUT2D eigenvalue weighted by molar-refractivity contribution is 5.78. The van der Waals surface area contributed by atoms with Gasteiger partial charge in [-0.25, -0.2) is 0 Å². The lowest BCUT2D eigenvalue weighted by Crippen LogP contribution is -2.35. The van der Waals surface area contributed by atoms with Gasteiger partial charge >= 0.3 is 0 Å². The average molecular weight is 352 g/mol. The number of nitrogens with one attached hydrogen (secondary N) is 1. The maximum Gasteiger partial charge on any atom is 0.224 e. The third-order valence-electron chi connectivity index (χ3n) is 4.84. The molecule has 1 aliphatic heterocycles. The molecular weight excluding hydrogens is 324 g/mol. The summed E-state index contributed by atoms with van der Waals surface area (Å²) in [6.45, 7) is 9.23. The number of nitrogens with zero attached hydrogens (tertiary/aromatic N) is 1. The van der Waals surface area contributed by atoms with Crippen molar-refractivity contribution < 1.29 is 9.53 Å². The van der Waals surface area contributed by atoms with Crippen LogP contribution in [0.3, 0.4) is 0 Å². The van der Waals surface area contributed by atoms with Gasteiger partial charge in [0.1, 0.15) is 0 Å². The van der Waals surface area contributed by atoms with Gasteiger partial charge in [0.25, 0.3) is 0 Å². The molecule has 0 saturated carbocycles. The fourth-order valence-corrected chi connectivity index (χ4v) is 3.34. The van der Waals surface area contributed by atoms with Gasteiger partial charge in [-0.15, -0.1) is 0 Å². The second-order valence-electron chi connectivity index (χ2n) is 7.09. The van der Waals surface area contributed by atoms with Crippen molar-refractivity contribution in [3.8, 4) is 0 Å². The van der Waals surface area contributed by atoms with Crippen molar-refractivity contribution in [3.05, 3.63) is 70.3 Å². The van der Waals surface area contributed by atoms with Crippen molar-refractivity contribution in [1.29, 1.82) is 0 Å². The second kappa shape index (κ2) is 8.97. The highest BCUT2D eigenvalue weighted by Gasteiger charge is 2.11. The Balaban J connectivity index is 1.52. The first-order chi connectivity index (χ1) is 12.6. The van der Waals surface area contributed by atoms with Crippen molar-refractivity contribution in [2.24, 2.45) is 0 Å². The second-order valence-corrected chi connectivity index (χ2v) is 7.09. The minimum atomic E-state index is 0.0653. The first-order valence-electron chi connectivity index (χ1n) is 9.31. The van der Waals surface area contributed by atoms with E-state index in [0.717, 1.165) is 44.0 Å². The summed E-state index contributed by atoms with van der Waals surface area (Å²) in [5.41, 5.74) is 5.92. The number of aryl methyl sites for hydroxylation is 2. The molecule has 4 heteroatoms. The number of ether oxygens (including phenoxy) is 1. The smallest absolute Gasteiger partial charge is 0.224 e. The summed E-state index contributed by atoms with van der Waals surface area (Å²) in [5.74, 6) is 0.0653. The zero-order chi connectivity index (χ0) is 18.4. The van der Waals surface area contributed by atoms with Crippen LogP contribution in [0.15, 0.2) is 42.5 Å². The number of hydrogen-bond acceptors (Lipinski definition) is 3. The van der Waals surface area contributed by atoms with E-state index in [9.17, 15) is 4.79 Å². The molecule has 1 N–H and O–H groups in total. The van der Waals surface area contributed by atoms with Crippen LogP contribution < -0.4 is 5.32 Å². The fraction of sp³-hybridized carbons (Fsp3) is 0.409. The van der Waals surface area contributed by atoms with Crippen LogP contribution in [0.1, 0.15) is 27.8 Å². The number of carbonyl (C=O) groups excluding carboxylic acids is 1. The summed E-state index contributed by atoms with van der Waals surface area (Å²) in [4.78, 5) is 14.7. The molecule has 0 radical (unpaired) electrons. The molecule has 1 aliphatic rings. The summed E-state index contributed by atoms with van der Waals surface area (Å²) in [7, 11) is 0. The lowest BCUT2D eigenvalue weighted by Gasteiger charge is -2.26. The van der Waals surface area contributed by atoms with Gasteiger partial charge < -0.3 is 10.1 Å². The maximum absolute atomic E-state index is 12.3. The van der Waals surface area contributed by atoms with Gasteiger partial charge in [0, 0.05) is 26.2 Å². The van der Waals surface area contributed by atoms with Crippen molar-refractivity contribution in [2.75, 3.05) is 26.3 Å². The van der Waals surface area contributed by atoms with Gasteiger partial charge in [-0.1, -0.05) is 48.0 Å². The van der Waals surface area contributed by atoms with Gasteiger partial charge in [-0.2, -0.15) is 0 Å². The highest BCUT2D eigenvalue weighted by atomic mass is 16.5. The molecule has 26 heavy (non-hydrogen) atoms. The molecule has 1 amide bonds. The molecule has 1 heterocycles. The first kappa shape index (κ1) is 18.6. The van der Waals surface area contributed by atoms with Crippen molar-refractivity contribution in [3.63, 3.8) is 0 Å². The quantitative estimate of drug-likeness (QED) is 0.869. The van der Waals surface area contributed by atoms with Crippen LogP contribution >= 0.6 is 0 Å². The Bertz CT molecular complexity index is 752. The molecule has 138 valence electrons. The maximum atomic E-state index is 12.3. The van der Waals surface area contributed by atoms with Gasteiger partial charge in [-0.3, -0.25) is 9.69 Å². The molecule has 3 rings (SSSR count). The number of benzene rings is 2. The van der Waals surface area contributed by atoms with Crippen LogP contribution in [0.5, 0.6) is 0 Å². The SMILES string of the molecule is Cc1ccc(CC(=O)NCc2cccc(CN3CCOCC3)c2)c(C)c1. The number of amides is 1. The Morgan fingerprint density at radius 1 is 1.08 bits per heavy atom. The molecule has 0 aliphatic carbocycles. The number of carbonyl (C=O) groups is 1. The third kappa shape index (κ3) is 5.41. The number of morpholine rings is 1. The van der Waals surface area contributed by atoms with Crippen LogP contribution in [-0.2, 0) is 29.0 Å². The highest BCUT2D eigenvalue weighted by Crippen LogP contribution is 2.12. The molecule has 0 atom stereocenters. The van der Waals surface area contributed by atoms with E-state index in [-0.39, 0.29) is 5.91 Å². The summed E-state index contributed by atoms with van der Waals surface area (Å²) >= 11 is 0. The van der Waals surface area contributed by atoms with E-state index in [1.165, 1.54) is 16.7 Å². The summed E-state index contributed by atoms with van der Waals surface area (Å²) in [6.07, 6.45) is 0.430. The Morgan fingerprint density at radius 2 is 1.85 bits per heavy atom. The largest absolute Gasteiger partial charge is 0.379 e. The molecule has 2 aromatic rings. The molecule has 4 nitrogen and oxygen atoms in total. The molecule has 2 aromatic carbocycles. The Kier molecular flexibility index (Phi) is 6.42. The number of rotatable bonds is 6. The van der Waals surface area contributed by atoms with Crippen molar-refractivity contribution in [2.45, 2.75) is 33.4 Å². The zero-order valence-corrected chi connectivity index (χ0v) is 15.8. The molecule has 0 bridgehead atoms. The zero-order valence-electron chi connectivity index (χ0n) is 15.8. The van der Waals surface area contributed by atoms with E-state index in [4.69, 9.17) is 4.74 Å². The molecule has 0 unspecified atom stereocenters. The Morgan fingerprint density at radius 3 is 2.62 bits per heavy atom. The van der Waals surface area contributed by atoms with Crippen molar-refractivity contribution in [1.82, 2.24) is 10.2 Å². The predicted molar refractivity (Wildman–Crippen MR) is 104 cm³/mol. The lowest BCUT2D eigenvalue weighted by molar-refractivity contribution is -0.120. The van der Waals surface area contributed by atoms with E-state index in [0.29, 0.717) is 13.0 Å². The van der Waals surface area contributed by atoms with Crippen LogP contribution in [0.2, 0.25) is 0 Å². The normalized spacial score (nSPS) is 15.0. The van der Waals surface area contributed by atoms with Crippen LogP contribution in [0.25, 0.3) is 0 Å². The average Bonchev–Trinajstić information content (AvgIpc) is 2.64. The van der Waals surface area contributed by atoms with Gasteiger partial charge in [0.15, 0.2) is 0 Å². The minimum Gasteiger partial charge on any atom is -0.379 e.